The first-order valence-electron chi connectivity index (χ1n) is 16.8. The highest BCUT2D eigenvalue weighted by molar-refractivity contribution is 6.31. The van der Waals surface area contributed by atoms with Crippen LogP contribution < -0.4 is 0 Å². The molecule has 0 aromatic heterocycles. The fraction of sp³-hybridized carbons (Fsp3) is 0.282. The summed E-state index contributed by atoms with van der Waals surface area (Å²) >= 11 is 23.1. The SMILES string of the molecule is COC1O[C@H](COC(=O)c2ccc(Cl)cc2)[C@@H](OC(=O)c2ccc(Cl)cc2)[C@@H]1F.O=C(OC[C@H]1OC(O)[C@@H](F)[C@@H]1OC(=O)c1ccc(Cl)cc1)c1ccc(Cl)cc1. The maximum absolute atomic E-state index is 14.6. The molecule has 2 aliphatic heterocycles. The second kappa shape index (κ2) is 20.4. The molecule has 6 rings (SSSR count). The van der Waals surface area contributed by atoms with Crippen molar-refractivity contribution in [2.75, 3.05) is 20.3 Å². The zero-order valence-corrected chi connectivity index (χ0v) is 32.5. The number of ether oxygens (including phenoxy) is 7. The molecule has 57 heavy (non-hydrogen) atoms. The number of aliphatic hydroxyl groups excluding tert-OH is 1. The molecule has 2 saturated heterocycles. The summed E-state index contributed by atoms with van der Waals surface area (Å²) < 4.78 is 64.9. The molecular weight excluding hydrogens is 840 g/mol. The molecule has 0 saturated carbocycles. The minimum atomic E-state index is -1.99. The lowest BCUT2D eigenvalue weighted by atomic mass is 10.1. The third-order valence-electron chi connectivity index (χ3n) is 8.31. The van der Waals surface area contributed by atoms with E-state index in [-0.39, 0.29) is 28.9 Å². The van der Waals surface area contributed by atoms with Gasteiger partial charge < -0.3 is 38.3 Å². The summed E-state index contributed by atoms with van der Waals surface area (Å²) in [6.45, 7) is -0.752. The summed E-state index contributed by atoms with van der Waals surface area (Å²) in [7, 11) is 1.26. The maximum atomic E-state index is 14.6. The van der Waals surface area contributed by atoms with Crippen LogP contribution in [0.5, 0.6) is 0 Å². The minimum absolute atomic E-state index is 0.148. The highest BCUT2D eigenvalue weighted by Gasteiger charge is 2.49. The number of hydrogen-bond acceptors (Lipinski definition) is 12. The molecule has 8 atom stereocenters. The number of esters is 4. The van der Waals surface area contributed by atoms with Crippen molar-refractivity contribution in [3.8, 4) is 0 Å². The van der Waals surface area contributed by atoms with Crippen LogP contribution in [0.1, 0.15) is 41.4 Å². The van der Waals surface area contributed by atoms with Gasteiger partial charge in [-0.1, -0.05) is 46.4 Å². The first-order valence-corrected chi connectivity index (χ1v) is 18.3. The Balaban J connectivity index is 0.000000218. The summed E-state index contributed by atoms with van der Waals surface area (Å²) in [5, 5.41) is 11.4. The predicted octanol–water partition coefficient (Wildman–Crippen LogP) is 7.52. The van der Waals surface area contributed by atoms with Gasteiger partial charge in [-0.2, -0.15) is 0 Å². The molecule has 2 unspecified atom stereocenters. The Kier molecular flexibility index (Phi) is 15.6. The minimum Gasteiger partial charge on any atom is -0.459 e. The van der Waals surface area contributed by atoms with Gasteiger partial charge in [-0.3, -0.25) is 0 Å². The molecule has 0 radical (unpaired) electrons. The van der Waals surface area contributed by atoms with Gasteiger partial charge in [0.05, 0.1) is 22.3 Å². The van der Waals surface area contributed by atoms with Crippen LogP contribution in [-0.4, -0.2) is 98.6 Å². The van der Waals surface area contributed by atoms with Crippen LogP contribution in [0.2, 0.25) is 20.1 Å². The summed E-state index contributed by atoms with van der Waals surface area (Å²) in [5.74, 6) is -2.93. The van der Waals surface area contributed by atoms with Crippen molar-refractivity contribution in [1.29, 1.82) is 0 Å². The smallest absolute Gasteiger partial charge is 0.338 e. The van der Waals surface area contributed by atoms with Gasteiger partial charge in [0.1, 0.15) is 25.4 Å². The number of carbonyl (C=O) groups is 4. The van der Waals surface area contributed by atoms with E-state index in [0.29, 0.717) is 20.1 Å². The van der Waals surface area contributed by atoms with Crippen molar-refractivity contribution >= 4 is 70.3 Å². The number of aliphatic hydroxyl groups is 1. The van der Waals surface area contributed by atoms with Crippen LogP contribution >= 0.6 is 46.4 Å². The normalized spacial score (nSPS) is 23.8. The van der Waals surface area contributed by atoms with Crippen molar-refractivity contribution in [2.24, 2.45) is 0 Å². The lowest BCUT2D eigenvalue weighted by molar-refractivity contribution is -0.142. The number of hydrogen-bond donors (Lipinski definition) is 1. The lowest BCUT2D eigenvalue weighted by Gasteiger charge is -2.19. The van der Waals surface area contributed by atoms with E-state index >= 15 is 0 Å². The van der Waals surface area contributed by atoms with Gasteiger partial charge in [0.25, 0.3) is 0 Å². The highest BCUT2D eigenvalue weighted by Crippen LogP contribution is 2.30. The zero-order valence-electron chi connectivity index (χ0n) is 29.5. The quantitative estimate of drug-likeness (QED) is 0.117. The standard InChI is InChI=1S/C20H17Cl2FO6.C19H15Cl2FO6/c1-26-20-16(23)17(29-19(25)12-4-8-14(22)9-5-12)15(28-20)10-27-18(24)11-2-6-13(21)7-3-11;20-12-5-1-10(2-6-12)17(23)26-9-14-16(15(22)19(25)27-14)28-18(24)11-3-7-13(21)8-4-11/h2-9,15-17,20H,10H2,1H3;1-8,14-16,19,25H,9H2/t15-,16+,17-,20?;14-,15+,16-,19?/m11/s1. The first kappa shape index (κ1) is 43.7. The molecule has 0 amide bonds. The largest absolute Gasteiger partial charge is 0.459 e. The third-order valence-corrected chi connectivity index (χ3v) is 9.32. The number of halogens is 6. The average Bonchev–Trinajstić information content (AvgIpc) is 3.65. The van der Waals surface area contributed by atoms with E-state index in [1.54, 1.807) is 12.1 Å². The fourth-order valence-corrected chi connectivity index (χ4v) is 5.83. The lowest BCUT2D eigenvalue weighted by Crippen LogP contribution is -2.37. The van der Waals surface area contributed by atoms with E-state index < -0.39 is 79.8 Å². The Morgan fingerprint density at radius 2 is 0.860 bits per heavy atom. The van der Waals surface area contributed by atoms with Crippen molar-refractivity contribution < 1.29 is 66.2 Å². The van der Waals surface area contributed by atoms with Gasteiger partial charge in [0.15, 0.2) is 37.1 Å². The summed E-state index contributed by atoms with van der Waals surface area (Å²) in [4.78, 5) is 48.8. The van der Waals surface area contributed by atoms with Crippen LogP contribution in [0.3, 0.4) is 0 Å². The third kappa shape index (κ3) is 11.8. The predicted molar refractivity (Wildman–Crippen MR) is 201 cm³/mol. The molecule has 1 N–H and O–H groups in total. The van der Waals surface area contributed by atoms with Crippen molar-refractivity contribution in [2.45, 2.75) is 49.3 Å². The second-order valence-electron chi connectivity index (χ2n) is 12.2. The summed E-state index contributed by atoms with van der Waals surface area (Å²) in [6.07, 6.45) is -11.8. The Morgan fingerprint density at radius 3 is 1.21 bits per heavy atom. The molecule has 302 valence electrons. The van der Waals surface area contributed by atoms with Gasteiger partial charge in [0.2, 0.25) is 0 Å². The van der Waals surface area contributed by atoms with Crippen molar-refractivity contribution in [3.63, 3.8) is 0 Å². The van der Waals surface area contributed by atoms with Crippen LogP contribution in [0, 0.1) is 0 Å². The van der Waals surface area contributed by atoms with Gasteiger partial charge in [-0.15, -0.1) is 0 Å². The van der Waals surface area contributed by atoms with Gasteiger partial charge in [-0.25, -0.2) is 28.0 Å². The molecule has 4 aromatic rings. The monoisotopic (exact) mass is 870 g/mol. The van der Waals surface area contributed by atoms with Crippen LogP contribution in [0.4, 0.5) is 8.78 Å². The summed E-state index contributed by atoms with van der Waals surface area (Å²) in [6, 6.07) is 23.8. The molecular formula is C39H32Cl4F2O12. The molecule has 2 aliphatic rings. The Labute approximate surface area is 344 Å². The van der Waals surface area contributed by atoms with E-state index in [9.17, 15) is 33.1 Å². The molecule has 0 spiro atoms. The Morgan fingerprint density at radius 1 is 0.544 bits per heavy atom. The van der Waals surface area contributed by atoms with Gasteiger partial charge >= 0.3 is 23.9 Å². The number of benzene rings is 4. The molecule has 2 fully saturated rings. The topological polar surface area (TPSA) is 153 Å². The Bertz CT molecular complexity index is 1990. The van der Waals surface area contributed by atoms with Crippen molar-refractivity contribution in [1.82, 2.24) is 0 Å². The fourth-order valence-electron chi connectivity index (χ4n) is 5.33. The van der Waals surface area contributed by atoms with Crippen LogP contribution in [-0.2, 0) is 33.2 Å². The van der Waals surface area contributed by atoms with E-state index in [2.05, 4.69) is 0 Å². The molecule has 0 aliphatic carbocycles. The number of carbonyl (C=O) groups excluding carboxylic acids is 4. The van der Waals surface area contributed by atoms with Crippen LogP contribution in [0.15, 0.2) is 97.1 Å². The average molecular weight is 872 g/mol. The van der Waals surface area contributed by atoms with E-state index in [0.717, 1.165) is 0 Å². The first-order chi connectivity index (χ1) is 27.2. The van der Waals surface area contributed by atoms with E-state index in [4.69, 9.17) is 79.6 Å². The van der Waals surface area contributed by atoms with Crippen molar-refractivity contribution in [3.05, 3.63) is 139 Å². The molecule has 2 heterocycles. The van der Waals surface area contributed by atoms with E-state index in [1.807, 2.05) is 0 Å². The summed E-state index contributed by atoms with van der Waals surface area (Å²) in [5.41, 5.74) is 0.839. The zero-order chi connectivity index (χ0) is 41.2. The molecule has 4 aromatic carbocycles. The van der Waals surface area contributed by atoms with Crippen LogP contribution in [0.25, 0.3) is 0 Å². The molecule has 12 nitrogen and oxygen atoms in total. The number of rotatable bonds is 11. The molecule has 18 heteroatoms. The second-order valence-corrected chi connectivity index (χ2v) is 13.9. The van der Waals surface area contributed by atoms with Gasteiger partial charge in [-0.05, 0) is 97.1 Å². The number of alkyl halides is 2. The maximum Gasteiger partial charge on any atom is 0.338 e. The van der Waals surface area contributed by atoms with Gasteiger partial charge in [0, 0.05) is 27.2 Å². The Hall–Kier alpha value is -4.38. The molecule has 0 bridgehead atoms. The highest BCUT2D eigenvalue weighted by atomic mass is 35.5. The number of methoxy groups -OCH3 is 1. The van der Waals surface area contributed by atoms with E-state index in [1.165, 1.54) is 92.0 Å².